The molecule has 1 atom stereocenters. The molecule has 3 aromatic carbocycles. The third-order valence-corrected chi connectivity index (χ3v) is 7.26. The fourth-order valence-electron chi connectivity index (χ4n) is 3.08. The number of anilines is 1. The number of halogens is 1. The number of aromatic nitrogens is 3. The summed E-state index contributed by atoms with van der Waals surface area (Å²) in [5.41, 5.74) is 1.65. The highest BCUT2D eigenvalue weighted by Gasteiger charge is 2.21. The fourth-order valence-corrected chi connectivity index (χ4v) is 5.20. The van der Waals surface area contributed by atoms with Crippen molar-refractivity contribution in [2.45, 2.75) is 22.2 Å². The van der Waals surface area contributed by atoms with Crippen LogP contribution in [0, 0.1) is 11.3 Å². The Morgan fingerprint density at radius 2 is 1.76 bits per heavy atom. The highest BCUT2D eigenvalue weighted by molar-refractivity contribution is 8.00. The summed E-state index contributed by atoms with van der Waals surface area (Å²) in [6.45, 7) is 1.78. The van der Waals surface area contributed by atoms with Crippen LogP contribution in [0.1, 0.15) is 6.92 Å². The second kappa shape index (κ2) is 9.67. The largest absolute Gasteiger partial charge is 0.278 e. The van der Waals surface area contributed by atoms with Gasteiger partial charge in [-0.2, -0.15) is 5.26 Å². The zero-order valence-corrected chi connectivity index (χ0v) is 19.8. The van der Waals surface area contributed by atoms with E-state index in [9.17, 15) is 13.7 Å². The number of hydrogen-bond donors (Lipinski definition) is 1. The van der Waals surface area contributed by atoms with Crippen molar-refractivity contribution < 1.29 is 8.42 Å². The van der Waals surface area contributed by atoms with Gasteiger partial charge in [0.05, 0.1) is 26.9 Å². The minimum Gasteiger partial charge on any atom is -0.278 e. The summed E-state index contributed by atoms with van der Waals surface area (Å²) in [6, 6.07) is 24.7. The van der Waals surface area contributed by atoms with Gasteiger partial charge in [0.2, 0.25) is 0 Å². The highest BCUT2D eigenvalue weighted by atomic mass is 35.5. The quantitative estimate of drug-likeness (QED) is 0.345. The van der Waals surface area contributed by atoms with Gasteiger partial charge in [0.1, 0.15) is 0 Å². The van der Waals surface area contributed by atoms with Gasteiger partial charge in [0.15, 0.2) is 11.0 Å². The predicted octanol–water partition coefficient (Wildman–Crippen LogP) is 5.39. The molecule has 0 aliphatic rings. The molecule has 166 valence electrons. The van der Waals surface area contributed by atoms with Gasteiger partial charge in [0, 0.05) is 11.3 Å². The van der Waals surface area contributed by atoms with Gasteiger partial charge in [-0.05, 0) is 43.3 Å². The number of nitrogens with one attached hydrogen (secondary N) is 1. The number of rotatable bonds is 7. The number of hydrogen-bond acceptors (Lipinski definition) is 6. The third kappa shape index (κ3) is 5.03. The van der Waals surface area contributed by atoms with E-state index in [2.05, 4.69) is 21.0 Å². The smallest absolute Gasteiger partial charge is 0.261 e. The van der Waals surface area contributed by atoms with E-state index in [0.717, 1.165) is 5.69 Å². The average molecular weight is 496 g/mol. The fraction of sp³-hybridized carbons (Fsp3) is 0.0870. The molecular formula is C23H18ClN5O2S2. The normalized spacial score (nSPS) is 12.2. The van der Waals surface area contributed by atoms with Crippen LogP contribution in [0.2, 0.25) is 5.02 Å². The lowest BCUT2D eigenvalue weighted by Crippen LogP contribution is -2.13. The molecule has 0 radical (unpaired) electrons. The van der Waals surface area contributed by atoms with Crippen LogP contribution in [-0.4, -0.2) is 28.4 Å². The number of sulfonamides is 1. The maximum atomic E-state index is 13.0. The van der Waals surface area contributed by atoms with Gasteiger partial charge in [-0.3, -0.25) is 9.29 Å². The first kappa shape index (κ1) is 22.9. The Labute approximate surface area is 201 Å². The Bertz CT molecular complexity index is 1430. The lowest BCUT2D eigenvalue weighted by molar-refractivity contribution is 0.601. The zero-order valence-electron chi connectivity index (χ0n) is 17.4. The summed E-state index contributed by atoms with van der Waals surface area (Å²) in [7, 11) is -3.90. The topological polar surface area (TPSA) is 101 Å². The standard InChI is InChI=1S/C23H18ClN5O2S2/c1-16(15-25)32-23-27-26-22(29(23)18-9-3-2-4-10-18)17-8-7-11-19(14-17)33(30,31)28-21-13-6-5-12-20(21)24/h2-14,16,28H,1H3/t16-/m0/s1. The predicted molar refractivity (Wildman–Crippen MR) is 130 cm³/mol. The van der Waals surface area contributed by atoms with Crippen molar-refractivity contribution in [2.75, 3.05) is 4.72 Å². The van der Waals surface area contributed by atoms with Crippen molar-refractivity contribution in [1.82, 2.24) is 14.8 Å². The number of nitrogens with zero attached hydrogens (tertiary/aromatic N) is 4. The molecule has 1 heterocycles. The molecule has 4 rings (SSSR count). The summed E-state index contributed by atoms with van der Waals surface area (Å²) in [6.07, 6.45) is 0. The van der Waals surface area contributed by atoms with Crippen molar-refractivity contribution >= 4 is 39.1 Å². The molecule has 0 saturated heterocycles. The highest BCUT2D eigenvalue weighted by Crippen LogP contribution is 2.31. The maximum Gasteiger partial charge on any atom is 0.261 e. The van der Waals surface area contributed by atoms with Crippen molar-refractivity contribution in [3.8, 4) is 23.1 Å². The molecule has 7 nitrogen and oxygen atoms in total. The van der Waals surface area contributed by atoms with E-state index in [0.29, 0.717) is 27.3 Å². The molecule has 1 aromatic heterocycles. The Morgan fingerprint density at radius 3 is 2.48 bits per heavy atom. The van der Waals surface area contributed by atoms with E-state index in [1.165, 1.54) is 23.9 Å². The van der Waals surface area contributed by atoms with E-state index in [1.54, 1.807) is 43.3 Å². The van der Waals surface area contributed by atoms with Crippen LogP contribution in [0.3, 0.4) is 0 Å². The number of para-hydroxylation sites is 2. The zero-order chi connectivity index (χ0) is 23.4. The van der Waals surface area contributed by atoms with Crippen LogP contribution in [-0.2, 0) is 10.0 Å². The second-order valence-electron chi connectivity index (χ2n) is 6.98. The first-order valence-electron chi connectivity index (χ1n) is 9.84. The van der Waals surface area contributed by atoms with Gasteiger partial charge in [0.25, 0.3) is 10.0 Å². The monoisotopic (exact) mass is 495 g/mol. The summed E-state index contributed by atoms with van der Waals surface area (Å²) in [5.74, 6) is 0.462. The molecule has 1 N–H and O–H groups in total. The van der Waals surface area contributed by atoms with Gasteiger partial charge in [-0.1, -0.05) is 65.8 Å². The molecule has 0 aliphatic carbocycles. The lowest BCUT2D eigenvalue weighted by atomic mass is 10.2. The maximum absolute atomic E-state index is 13.0. The van der Waals surface area contributed by atoms with E-state index in [-0.39, 0.29) is 10.1 Å². The van der Waals surface area contributed by atoms with Crippen molar-refractivity contribution in [3.05, 3.63) is 83.9 Å². The second-order valence-corrected chi connectivity index (χ2v) is 10.4. The number of thioether (sulfide) groups is 1. The molecule has 0 bridgehead atoms. The lowest BCUT2D eigenvalue weighted by Gasteiger charge is -2.12. The molecule has 4 aromatic rings. The van der Waals surface area contributed by atoms with E-state index < -0.39 is 10.0 Å². The van der Waals surface area contributed by atoms with Crippen LogP contribution >= 0.6 is 23.4 Å². The van der Waals surface area contributed by atoms with Crippen LogP contribution in [0.4, 0.5) is 5.69 Å². The average Bonchev–Trinajstić information content (AvgIpc) is 3.24. The van der Waals surface area contributed by atoms with Crippen molar-refractivity contribution in [2.24, 2.45) is 0 Å². The summed E-state index contributed by atoms with van der Waals surface area (Å²) in [5, 5.41) is 18.3. The van der Waals surface area contributed by atoms with Gasteiger partial charge in [-0.25, -0.2) is 8.42 Å². The van der Waals surface area contributed by atoms with E-state index in [1.807, 2.05) is 34.9 Å². The molecule has 0 unspecified atom stereocenters. The Kier molecular flexibility index (Phi) is 6.70. The van der Waals surface area contributed by atoms with Crippen LogP contribution in [0.25, 0.3) is 17.1 Å². The first-order chi connectivity index (χ1) is 15.9. The Balaban J connectivity index is 1.77. The SMILES string of the molecule is C[C@@H](C#N)Sc1nnc(-c2cccc(S(=O)(=O)Nc3ccccc3Cl)c2)n1-c1ccccc1. The van der Waals surface area contributed by atoms with Gasteiger partial charge >= 0.3 is 0 Å². The first-order valence-corrected chi connectivity index (χ1v) is 12.6. The molecule has 0 fully saturated rings. The molecule has 10 heteroatoms. The van der Waals surface area contributed by atoms with E-state index >= 15 is 0 Å². The summed E-state index contributed by atoms with van der Waals surface area (Å²) < 4.78 is 30.4. The molecule has 0 aliphatic heterocycles. The van der Waals surface area contributed by atoms with Crippen molar-refractivity contribution in [1.29, 1.82) is 5.26 Å². The molecular weight excluding hydrogens is 478 g/mol. The summed E-state index contributed by atoms with van der Waals surface area (Å²) in [4.78, 5) is 0.0575. The third-order valence-electron chi connectivity index (χ3n) is 4.63. The Morgan fingerprint density at radius 1 is 1.03 bits per heavy atom. The van der Waals surface area contributed by atoms with Crippen LogP contribution in [0.5, 0.6) is 0 Å². The van der Waals surface area contributed by atoms with Gasteiger partial charge in [-0.15, -0.1) is 10.2 Å². The number of benzene rings is 3. The molecule has 0 spiro atoms. The van der Waals surface area contributed by atoms with E-state index in [4.69, 9.17) is 11.6 Å². The van der Waals surface area contributed by atoms with Crippen molar-refractivity contribution in [3.63, 3.8) is 0 Å². The van der Waals surface area contributed by atoms with Crippen LogP contribution in [0.15, 0.2) is 88.9 Å². The number of nitriles is 1. The van der Waals surface area contributed by atoms with Crippen LogP contribution < -0.4 is 4.72 Å². The minimum atomic E-state index is -3.90. The summed E-state index contributed by atoms with van der Waals surface area (Å²) >= 11 is 7.39. The minimum absolute atomic E-state index is 0.0575. The Hall–Kier alpha value is -3.32. The molecule has 0 saturated carbocycles. The van der Waals surface area contributed by atoms with Gasteiger partial charge < -0.3 is 0 Å². The molecule has 0 amide bonds. The molecule has 33 heavy (non-hydrogen) atoms.